The third-order valence-electron chi connectivity index (χ3n) is 5.66. The van der Waals surface area contributed by atoms with E-state index in [2.05, 4.69) is 11.6 Å². The van der Waals surface area contributed by atoms with Crippen LogP contribution in [0.5, 0.6) is 0 Å². The first-order chi connectivity index (χ1) is 14.6. The van der Waals surface area contributed by atoms with Gasteiger partial charge in [0.1, 0.15) is 0 Å². The Labute approximate surface area is 185 Å². The summed E-state index contributed by atoms with van der Waals surface area (Å²) in [5.41, 5.74) is 0.206. The van der Waals surface area contributed by atoms with Crippen LogP contribution >= 0.6 is 0 Å². The Morgan fingerprint density at radius 1 is 0.700 bits per heavy atom. The van der Waals surface area contributed by atoms with E-state index in [4.69, 9.17) is 0 Å². The number of aldehydes is 1. The quantitative estimate of drug-likeness (QED) is 0.176. The number of unbranched alkanes of at least 4 members (excludes halogenated alkanes) is 15. The van der Waals surface area contributed by atoms with Gasteiger partial charge in [0.15, 0.2) is 6.29 Å². The van der Waals surface area contributed by atoms with Gasteiger partial charge in [-0.3, -0.25) is 4.79 Å². The summed E-state index contributed by atoms with van der Waals surface area (Å²) in [6.07, 6.45) is 21.4. The molecule has 0 atom stereocenters. The molecular weight excluding hydrogens is 394 g/mol. The SMILES string of the molecule is CCCCCCCCCCCCCCCCCCNS(=O)(=O)c1ccccc1C=O. The van der Waals surface area contributed by atoms with Crippen LogP contribution in [-0.2, 0) is 10.0 Å². The van der Waals surface area contributed by atoms with Crippen molar-refractivity contribution >= 4 is 16.3 Å². The average molecular weight is 438 g/mol. The molecule has 0 aliphatic rings. The molecule has 0 heterocycles. The lowest BCUT2D eigenvalue weighted by Gasteiger charge is -2.08. The van der Waals surface area contributed by atoms with Crippen molar-refractivity contribution in [2.45, 2.75) is 115 Å². The topological polar surface area (TPSA) is 63.2 Å². The fourth-order valence-electron chi connectivity index (χ4n) is 3.78. The molecule has 1 aromatic rings. The number of sulfonamides is 1. The number of rotatable bonds is 20. The Bertz CT molecular complexity index is 658. The summed E-state index contributed by atoms with van der Waals surface area (Å²) in [6.45, 7) is 2.69. The van der Waals surface area contributed by atoms with Gasteiger partial charge in [0.25, 0.3) is 0 Å². The van der Waals surface area contributed by atoms with E-state index >= 15 is 0 Å². The Hall–Kier alpha value is -1.20. The fraction of sp³-hybridized carbons (Fsp3) is 0.720. The van der Waals surface area contributed by atoms with Crippen molar-refractivity contribution in [2.24, 2.45) is 0 Å². The van der Waals surface area contributed by atoms with E-state index in [-0.39, 0.29) is 10.5 Å². The molecule has 0 aromatic heterocycles. The van der Waals surface area contributed by atoms with Gasteiger partial charge in [0.05, 0.1) is 4.90 Å². The Morgan fingerprint density at radius 3 is 1.60 bits per heavy atom. The lowest BCUT2D eigenvalue weighted by Crippen LogP contribution is -2.25. The van der Waals surface area contributed by atoms with E-state index in [1.807, 2.05) is 0 Å². The second-order valence-electron chi connectivity index (χ2n) is 8.36. The molecule has 0 spiro atoms. The summed E-state index contributed by atoms with van der Waals surface area (Å²) >= 11 is 0. The summed E-state index contributed by atoms with van der Waals surface area (Å²) in [5, 5.41) is 0. The predicted molar refractivity (Wildman–Crippen MR) is 127 cm³/mol. The van der Waals surface area contributed by atoms with E-state index in [0.29, 0.717) is 12.8 Å². The van der Waals surface area contributed by atoms with Crippen LogP contribution in [0.2, 0.25) is 0 Å². The maximum Gasteiger partial charge on any atom is 0.241 e. The first kappa shape index (κ1) is 26.8. The van der Waals surface area contributed by atoms with Crippen LogP contribution in [0.4, 0.5) is 0 Å². The van der Waals surface area contributed by atoms with Crippen molar-refractivity contribution in [1.29, 1.82) is 0 Å². The number of benzene rings is 1. The maximum absolute atomic E-state index is 12.3. The number of hydrogen-bond donors (Lipinski definition) is 1. The number of nitrogens with one attached hydrogen (secondary N) is 1. The molecule has 4 nitrogen and oxygen atoms in total. The minimum absolute atomic E-state index is 0.0662. The van der Waals surface area contributed by atoms with Crippen LogP contribution in [0.1, 0.15) is 120 Å². The van der Waals surface area contributed by atoms with Gasteiger partial charge in [-0.1, -0.05) is 121 Å². The Kier molecular flexibility index (Phi) is 15.6. The molecule has 5 heteroatoms. The molecule has 0 saturated carbocycles. The summed E-state index contributed by atoms with van der Waals surface area (Å²) in [4.78, 5) is 11.1. The monoisotopic (exact) mass is 437 g/mol. The highest BCUT2D eigenvalue weighted by molar-refractivity contribution is 7.89. The lowest BCUT2D eigenvalue weighted by atomic mass is 10.0. The van der Waals surface area contributed by atoms with Crippen LogP contribution < -0.4 is 4.72 Å². The maximum atomic E-state index is 12.3. The van der Waals surface area contributed by atoms with E-state index in [1.54, 1.807) is 12.1 Å². The predicted octanol–water partition coefficient (Wildman–Crippen LogP) is 7.04. The molecule has 172 valence electrons. The van der Waals surface area contributed by atoms with Crippen molar-refractivity contribution < 1.29 is 13.2 Å². The highest BCUT2D eigenvalue weighted by Gasteiger charge is 2.16. The van der Waals surface area contributed by atoms with Gasteiger partial charge in [-0.25, -0.2) is 13.1 Å². The lowest BCUT2D eigenvalue weighted by molar-refractivity contribution is 0.112. The summed E-state index contributed by atoms with van der Waals surface area (Å²) in [7, 11) is -3.61. The zero-order valence-corrected chi connectivity index (χ0v) is 19.9. The summed E-state index contributed by atoms with van der Waals surface area (Å²) < 4.78 is 27.2. The molecule has 0 unspecified atom stereocenters. The molecule has 30 heavy (non-hydrogen) atoms. The van der Waals surface area contributed by atoms with Crippen molar-refractivity contribution in [1.82, 2.24) is 4.72 Å². The molecule has 0 amide bonds. The molecule has 0 fully saturated rings. The van der Waals surface area contributed by atoms with Gasteiger partial charge in [0, 0.05) is 12.1 Å². The Balaban J connectivity index is 1.93. The van der Waals surface area contributed by atoms with Gasteiger partial charge < -0.3 is 0 Å². The van der Waals surface area contributed by atoms with Crippen LogP contribution in [0.15, 0.2) is 29.2 Å². The second-order valence-corrected chi connectivity index (χ2v) is 10.1. The molecule has 0 aliphatic carbocycles. The largest absolute Gasteiger partial charge is 0.298 e. The van der Waals surface area contributed by atoms with Crippen molar-refractivity contribution in [3.8, 4) is 0 Å². The normalized spacial score (nSPS) is 11.6. The fourth-order valence-corrected chi connectivity index (χ4v) is 5.03. The Morgan fingerprint density at radius 2 is 1.13 bits per heavy atom. The first-order valence-electron chi connectivity index (χ1n) is 12.2. The number of hydrogen-bond acceptors (Lipinski definition) is 3. The number of carbonyl (C=O) groups excluding carboxylic acids is 1. The van der Waals surface area contributed by atoms with E-state index in [9.17, 15) is 13.2 Å². The molecule has 1 N–H and O–H groups in total. The third kappa shape index (κ3) is 12.5. The zero-order chi connectivity index (χ0) is 21.9. The number of carbonyl (C=O) groups is 1. The summed E-state index contributed by atoms with van der Waals surface area (Å²) in [5.74, 6) is 0. The first-order valence-corrected chi connectivity index (χ1v) is 13.6. The molecule has 1 aromatic carbocycles. The molecule has 0 aliphatic heterocycles. The second kappa shape index (κ2) is 17.5. The van der Waals surface area contributed by atoms with E-state index < -0.39 is 10.0 Å². The van der Waals surface area contributed by atoms with Crippen LogP contribution in [-0.4, -0.2) is 21.2 Å². The highest BCUT2D eigenvalue weighted by atomic mass is 32.2. The highest BCUT2D eigenvalue weighted by Crippen LogP contribution is 2.15. The van der Waals surface area contributed by atoms with Crippen LogP contribution in [0.3, 0.4) is 0 Å². The molecule has 0 bridgehead atoms. The van der Waals surface area contributed by atoms with Gasteiger partial charge in [-0.05, 0) is 12.5 Å². The standard InChI is InChI=1S/C25H43NO3S/c1-2-3-4-5-6-7-8-9-10-11-12-13-14-15-16-19-22-26-30(28,29)25-21-18-17-20-24(25)23-27/h17-18,20-21,23,26H,2-16,19,22H2,1H3. The van der Waals surface area contributed by atoms with Gasteiger partial charge in [0.2, 0.25) is 10.0 Å². The van der Waals surface area contributed by atoms with Gasteiger partial charge >= 0.3 is 0 Å². The molecule has 0 saturated heterocycles. The minimum atomic E-state index is -3.61. The smallest absolute Gasteiger partial charge is 0.241 e. The zero-order valence-electron chi connectivity index (χ0n) is 19.0. The average Bonchev–Trinajstić information content (AvgIpc) is 2.75. The van der Waals surface area contributed by atoms with E-state index in [1.165, 1.54) is 95.6 Å². The van der Waals surface area contributed by atoms with Crippen molar-refractivity contribution in [3.63, 3.8) is 0 Å². The van der Waals surface area contributed by atoms with E-state index in [0.717, 1.165) is 19.3 Å². The minimum Gasteiger partial charge on any atom is -0.298 e. The third-order valence-corrected chi connectivity index (χ3v) is 7.19. The van der Waals surface area contributed by atoms with Gasteiger partial charge in [-0.2, -0.15) is 0 Å². The van der Waals surface area contributed by atoms with Gasteiger partial charge in [-0.15, -0.1) is 0 Å². The summed E-state index contributed by atoms with van der Waals surface area (Å²) in [6, 6.07) is 6.30. The van der Waals surface area contributed by atoms with Crippen LogP contribution in [0, 0.1) is 0 Å². The molecule has 1 rings (SSSR count). The molecular formula is C25H43NO3S. The molecule has 0 radical (unpaired) electrons. The van der Waals surface area contributed by atoms with Crippen molar-refractivity contribution in [3.05, 3.63) is 29.8 Å². The van der Waals surface area contributed by atoms with Crippen molar-refractivity contribution in [2.75, 3.05) is 6.54 Å². The van der Waals surface area contributed by atoms with Crippen LogP contribution in [0.25, 0.3) is 0 Å².